The SMILES string of the molecule is Cc1ccc(CC2CCCN(C(=O)c3cnco3)C2)cn1. The smallest absolute Gasteiger partial charge is 0.291 e. The van der Waals surface area contributed by atoms with Crippen molar-refractivity contribution >= 4 is 5.91 Å². The van der Waals surface area contributed by atoms with E-state index < -0.39 is 0 Å². The second-order valence-electron chi connectivity index (χ2n) is 5.64. The molecule has 110 valence electrons. The quantitative estimate of drug-likeness (QED) is 0.869. The van der Waals surface area contributed by atoms with Gasteiger partial charge in [0.15, 0.2) is 6.39 Å². The van der Waals surface area contributed by atoms with E-state index >= 15 is 0 Å². The summed E-state index contributed by atoms with van der Waals surface area (Å²) < 4.78 is 5.10. The molecular formula is C16H19N3O2. The number of rotatable bonds is 3. The van der Waals surface area contributed by atoms with Gasteiger partial charge >= 0.3 is 0 Å². The molecule has 5 heteroatoms. The molecular weight excluding hydrogens is 266 g/mol. The van der Waals surface area contributed by atoms with Crippen LogP contribution in [0.15, 0.2) is 35.3 Å². The average Bonchev–Trinajstić information content (AvgIpc) is 3.03. The molecule has 0 saturated carbocycles. The molecule has 1 aliphatic heterocycles. The third kappa shape index (κ3) is 3.29. The van der Waals surface area contributed by atoms with Crippen molar-refractivity contribution in [1.82, 2.24) is 14.9 Å². The summed E-state index contributed by atoms with van der Waals surface area (Å²) in [7, 11) is 0. The van der Waals surface area contributed by atoms with Crippen LogP contribution >= 0.6 is 0 Å². The van der Waals surface area contributed by atoms with Crippen LogP contribution in [-0.2, 0) is 6.42 Å². The Balaban J connectivity index is 1.63. The number of pyridine rings is 1. The van der Waals surface area contributed by atoms with Crippen molar-refractivity contribution in [3.63, 3.8) is 0 Å². The van der Waals surface area contributed by atoms with Crippen LogP contribution in [0.5, 0.6) is 0 Å². The molecule has 2 aromatic rings. The van der Waals surface area contributed by atoms with Crippen LogP contribution in [0.25, 0.3) is 0 Å². The summed E-state index contributed by atoms with van der Waals surface area (Å²) in [6.45, 7) is 3.55. The summed E-state index contributed by atoms with van der Waals surface area (Å²) in [5, 5.41) is 0. The van der Waals surface area contributed by atoms with Crippen LogP contribution in [-0.4, -0.2) is 33.9 Å². The van der Waals surface area contributed by atoms with Gasteiger partial charge in [-0.1, -0.05) is 6.07 Å². The van der Waals surface area contributed by atoms with Crippen LogP contribution in [0, 0.1) is 12.8 Å². The predicted octanol–water partition coefficient (Wildman–Crippen LogP) is 2.47. The second-order valence-corrected chi connectivity index (χ2v) is 5.64. The van der Waals surface area contributed by atoms with Crippen molar-refractivity contribution in [2.24, 2.45) is 5.92 Å². The van der Waals surface area contributed by atoms with Crippen molar-refractivity contribution in [1.29, 1.82) is 0 Å². The zero-order chi connectivity index (χ0) is 14.7. The molecule has 1 fully saturated rings. The number of oxazole rings is 1. The van der Waals surface area contributed by atoms with Gasteiger partial charge in [0, 0.05) is 25.0 Å². The minimum atomic E-state index is -0.0563. The Kier molecular flexibility index (Phi) is 3.99. The highest BCUT2D eigenvalue weighted by Crippen LogP contribution is 2.22. The Morgan fingerprint density at radius 1 is 1.43 bits per heavy atom. The maximum Gasteiger partial charge on any atom is 0.291 e. The highest BCUT2D eigenvalue weighted by molar-refractivity contribution is 5.91. The Morgan fingerprint density at radius 2 is 2.33 bits per heavy atom. The largest absolute Gasteiger partial charge is 0.438 e. The van der Waals surface area contributed by atoms with E-state index in [2.05, 4.69) is 16.0 Å². The van der Waals surface area contributed by atoms with Crippen molar-refractivity contribution in [3.05, 3.63) is 47.9 Å². The summed E-state index contributed by atoms with van der Waals surface area (Å²) in [5.74, 6) is 0.752. The molecule has 0 N–H and O–H groups in total. The van der Waals surface area contributed by atoms with E-state index in [1.165, 1.54) is 18.2 Å². The first-order valence-electron chi connectivity index (χ1n) is 7.31. The van der Waals surface area contributed by atoms with Gasteiger partial charge in [-0.15, -0.1) is 0 Å². The molecule has 2 aromatic heterocycles. The molecule has 0 spiro atoms. The van der Waals surface area contributed by atoms with Gasteiger partial charge in [-0.2, -0.15) is 0 Å². The lowest BCUT2D eigenvalue weighted by molar-refractivity contribution is 0.0641. The normalized spacial score (nSPS) is 18.7. The zero-order valence-corrected chi connectivity index (χ0v) is 12.2. The summed E-state index contributed by atoms with van der Waals surface area (Å²) in [6.07, 6.45) is 7.86. The molecule has 1 saturated heterocycles. The fourth-order valence-electron chi connectivity index (χ4n) is 2.85. The van der Waals surface area contributed by atoms with Gasteiger partial charge in [-0.05, 0) is 43.7 Å². The summed E-state index contributed by atoms with van der Waals surface area (Å²) in [6, 6.07) is 4.16. The second kappa shape index (κ2) is 6.08. The third-order valence-corrected chi connectivity index (χ3v) is 3.95. The molecule has 1 atom stereocenters. The molecule has 3 heterocycles. The van der Waals surface area contributed by atoms with Gasteiger partial charge < -0.3 is 9.32 Å². The van der Waals surface area contributed by atoms with Crippen LogP contribution in [0.2, 0.25) is 0 Å². The highest BCUT2D eigenvalue weighted by Gasteiger charge is 2.26. The Hall–Kier alpha value is -2.17. The molecule has 1 aliphatic rings. The maximum absolute atomic E-state index is 12.3. The molecule has 0 radical (unpaired) electrons. The lowest BCUT2D eigenvalue weighted by atomic mass is 9.91. The minimum absolute atomic E-state index is 0.0563. The lowest BCUT2D eigenvalue weighted by Crippen LogP contribution is -2.40. The number of carbonyl (C=O) groups excluding carboxylic acids is 1. The van der Waals surface area contributed by atoms with E-state index in [-0.39, 0.29) is 5.91 Å². The molecule has 5 nitrogen and oxygen atoms in total. The van der Waals surface area contributed by atoms with Gasteiger partial charge in [0.05, 0.1) is 6.20 Å². The fraction of sp³-hybridized carbons (Fsp3) is 0.438. The maximum atomic E-state index is 12.3. The Bertz CT molecular complexity index is 592. The monoisotopic (exact) mass is 285 g/mol. The van der Waals surface area contributed by atoms with Crippen LogP contribution in [0.3, 0.4) is 0 Å². The first kappa shape index (κ1) is 13.8. The third-order valence-electron chi connectivity index (χ3n) is 3.95. The first-order valence-corrected chi connectivity index (χ1v) is 7.31. The van der Waals surface area contributed by atoms with Crippen molar-refractivity contribution in [3.8, 4) is 0 Å². The number of likely N-dealkylation sites (tertiary alicyclic amines) is 1. The summed E-state index contributed by atoms with van der Waals surface area (Å²) in [4.78, 5) is 22.3. The minimum Gasteiger partial charge on any atom is -0.438 e. The van der Waals surface area contributed by atoms with E-state index in [1.807, 2.05) is 24.1 Å². The van der Waals surface area contributed by atoms with Crippen molar-refractivity contribution in [2.75, 3.05) is 13.1 Å². The lowest BCUT2D eigenvalue weighted by Gasteiger charge is -2.32. The highest BCUT2D eigenvalue weighted by atomic mass is 16.3. The molecule has 1 unspecified atom stereocenters. The standard InChI is InChI=1S/C16H19N3O2/c1-12-4-5-13(8-18-12)7-14-3-2-6-19(10-14)16(20)15-9-17-11-21-15/h4-5,8-9,11,14H,2-3,6-7,10H2,1H3. The molecule has 0 bridgehead atoms. The van der Waals surface area contributed by atoms with Gasteiger partial charge in [0.25, 0.3) is 5.91 Å². The number of piperidine rings is 1. The topological polar surface area (TPSA) is 59.2 Å². The van der Waals surface area contributed by atoms with Gasteiger partial charge in [0.1, 0.15) is 0 Å². The summed E-state index contributed by atoms with van der Waals surface area (Å²) >= 11 is 0. The summed E-state index contributed by atoms with van der Waals surface area (Å²) in [5.41, 5.74) is 2.27. The van der Waals surface area contributed by atoms with Crippen LogP contribution in [0.1, 0.15) is 34.7 Å². The number of hydrogen-bond acceptors (Lipinski definition) is 4. The number of amides is 1. The van der Waals surface area contributed by atoms with E-state index in [4.69, 9.17) is 4.42 Å². The Morgan fingerprint density at radius 3 is 3.05 bits per heavy atom. The number of carbonyl (C=O) groups is 1. The van der Waals surface area contributed by atoms with Gasteiger partial charge in [0.2, 0.25) is 5.76 Å². The van der Waals surface area contributed by atoms with E-state index in [1.54, 1.807) is 0 Å². The van der Waals surface area contributed by atoms with E-state index in [0.717, 1.165) is 38.0 Å². The number of hydrogen-bond donors (Lipinski definition) is 0. The predicted molar refractivity (Wildman–Crippen MR) is 77.8 cm³/mol. The fourth-order valence-corrected chi connectivity index (χ4v) is 2.85. The zero-order valence-electron chi connectivity index (χ0n) is 12.2. The molecule has 21 heavy (non-hydrogen) atoms. The average molecular weight is 285 g/mol. The number of nitrogens with zero attached hydrogens (tertiary/aromatic N) is 3. The molecule has 0 aromatic carbocycles. The molecule has 1 amide bonds. The Labute approximate surface area is 124 Å². The van der Waals surface area contributed by atoms with Gasteiger partial charge in [-0.3, -0.25) is 9.78 Å². The number of aryl methyl sites for hydroxylation is 1. The molecule has 3 rings (SSSR count). The van der Waals surface area contributed by atoms with E-state index in [0.29, 0.717) is 11.7 Å². The van der Waals surface area contributed by atoms with Crippen LogP contribution < -0.4 is 0 Å². The van der Waals surface area contributed by atoms with Crippen LogP contribution in [0.4, 0.5) is 0 Å². The van der Waals surface area contributed by atoms with Crippen molar-refractivity contribution in [2.45, 2.75) is 26.2 Å². The van der Waals surface area contributed by atoms with E-state index in [9.17, 15) is 4.79 Å². The molecule has 0 aliphatic carbocycles. The van der Waals surface area contributed by atoms with Gasteiger partial charge in [-0.25, -0.2) is 4.98 Å². The number of aromatic nitrogens is 2. The van der Waals surface area contributed by atoms with Crippen molar-refractivity contribution < 1.29 is 9.21 Å². The first-order chi connectivity index (χ1) is 10.2.